The summed E-state index contributed by atoms with van der Waals surface area (Å²) in [5.74, 6) is 1.37. The predicted octanol–water partition coefficient (Wildman–Crippen LogP) is 7.32. The Morgan fingerprint density at radius 1 is 1.00 bits per heavy atom. The van der Waals surface area contributed by atoms with Crippen molar-refractivity contribution in [1.82, 2.24) is 15.3 Å². The summed E-state index contributed by atoms with van der Waals surface area (Å²) in [6.07, 6.45) is 2.88. The summed E-state index contributed by atoms with van der Waals surface area (Å²) in [6.45, 7) is 0. The van der Waals surface area contributed by atoms with E-state index in [0.717, 1.165) is 28.1 Å². The number of amides is 1. The van der Waals surface area contributed by atoms with E-state index in [1.54, 1.807) is 36.4 Å². The molecule has 0 fully saturated rings. The second kappa shape index (κ2) is 10.4. The number of hydrogen-bond donors (Lipinski definition) is 3. The number of anilines is 1. The van der Waals surface area contributed by atoms with Crippen molar-refractivity contribution < 1.29 is 9.21 Å². The van der Waals surface area contributed by atoms with E-state index in [1.807, 2.05) is 48.5 Å². The number of thiocarbonyl (C=S) groups is 1. The molecule has 0 aliphatic heterocycles. The Bertz CT molecular complexity index is 1590. The number of para-hydroxylation sites is 2. The van der Waals surface area contributed by atoms with Crippen molar-refractivity contribution >= 4 is 69.2 Å². The van der Waals surface area contributed by atoms with Crippen LogP contribution in [0.5, 0.6) is 0 Å². The number of halogens is 2. The molecule has 5 rings (SSSR count). The number of nitrogens with zero attached hydrogens (tertiary/aromatic N) is 1. The first-order valence-corrected chi connectivity index (χ1v) is 12.0. The van der Waals surface area contributed by atoms with E-state index in [0.29, 0.717) is 27.1 Å². The van der Waals surface area contributed by atoms with E-state index in [4.69, 9.17) is 39.8 Å². The number of benzene rings is 3. The van der Waals surface area contributed by atoms with Crippen molar-refractivity contribution in [2.24, 2.45) is 0 Å². The number of fused-ring (bicyclic) bond motifs is 1. The van der Waals surface area contributed by atoms with Gasteiger partial charge in [-0.05, 0) is 66.8 Å². The molecule has 0 spiro atoms. The number of H-pyrrole nitrogens is 1. The Morgan fingerprint density at radius 2 is 1.83 bits per heavy atom. The average Bonchev–Trinajstić information content (AvgIpc) is 3.52. The number of aromatic nitrogens is 2. The summed E-state index contributed by atoms with van der Waals surface area (Å²) in [7, 11) is 0. The van der Waals surface area contributed by atoms with Crippen molar-refractivity contribution in [3.63, 3.8) is 0 Å². The number of aromatic amines is 1. The Labute approximate surface area is 222 Å². The Kier molecular flexibility index (Phi) is 6.86. The minimum Gasteiger partial charge on any atom is -0.457 e. The fourth-order valence-electron chi connectivity index (χ4n) is 3.59. The molecule has 0 aliphatic carbocycles. The van der Waals surface area contributed by atoms with E-state index in [-0.39, 0.29) is 5.11 Å². The zero-order valence-electron chi connectivity index (χ0n) is 18.6. The van der Waals surface area contributed by atoms with E-state index >= 15 is 0 Å². The van der Waals surface area contributed by atoms with Crippen LogP contribution in [0.2, 0.25) is 10.0 Å². The number of nitrogens with one attached hydrogen (secondary N) is 3. The molecule has 0 unspecified atom stereocenters. The van der Waals surface area contributed by atoms with Crippen LogP contribution in [0.1, 0.15) is 5.76 Å². The quantitative estimate of drug-likeness (QED) is 0.163. The van der Waals surface area contributed by atoms with E-state index in [2.05, 4.69) is 20.6 Å². The number of rotatable bonds is 5. The molecule has 0 saturated carbocycles. The highest BCUT2D eigenvalue weighted by Gasteiger charge is 2.11. The topological polar surface area (TPSA) is 82.9 Å². The first kappa shape index (κ1) is 23.8. The maximum Gasteiger partial charge on any atom is 0.250 e. The fraction of sp³-hybridized carbons (Fsp3) is 0. The Hall–Kier alpha value is -3.91. The molecule has 6 nitrogen and oxygen atoms in total. The zero-order valence-corrected chi connectivity index (χ0v) is 20.9. The molecule has 0 aliphatic rings. The van der Waals surface area contributed by atoms with Gasteiger partial charge in [-0.25, -0.2) is 4.98 Å². The minimum absolute atomic E-state index is 0.164. The highest BCUT2D eigenvalue weighted by molar-refractivity contribution is 7.80. The molecule has 0 saturated heterocycles. The van der Waals surface area contributed by atoms with Crippen LogP contribution in [-0.2, 0) is 4.79 Å². The molecule has 3 N–H and O–H groups in total. The van der Waals surface area contributed by atoms with Crippen molar-refractivity contribution in [3.05, 3.63) is 101 Å². The number of carbonyl (C=O) groups excluding carboxylic acids is 1. The molecule has 9 heteroatoms. The van der Waals surface area contributed by atoms with Crippen molar-refractivity contribution in [1.29, 1.82) is 0 Å². The lowest BCUT2D eigenvalue weighted by molar-refractivity contribution is -0.115. The summed E-state index contributed by atoms with van der Waals surface area (Å²) in [4.78, 5) is 20.3. The van der Waals surface area contributed by atoms with Gasteiger partial charge in [-0.1, -0.05) is 53.5 Å². The standard InChI is InChI=1S/C27H18Cl2N4O2S/c28-20-8-4-7-19(25(20)29)23-13-11-18(35-23)12-14-24(34)33-27(36)30-17-6-3-5-16(15-17)26-31-21-9-1-2-10-22(21)32-26/h1-15H,(H,31,32)(H2,30,33,34,36). The van der Waals surface area contributed by atoms with Crippen molar-refractivity contribution in [2.75, 3.05) is 5.32 Å². The SMILES string of the molecule is O=C(C=Cc1ccc(-c2cccc(Cl)c2Cl)o1)NC(=S)Nc1cccc(-c2nc3ccccc3[nH]2)c1. The van der Waals surface area contributed by atoms with Gasteiger partial charge in [0, 0.05) is 22.9 Å². The van der Waals surface area contributed by atoms with E-state index in [1.165, 1.54) is 6.08 Å². The van der Waals surface area contributed by atoms with Gasteiger partial charge in [0.25, 0.3) is 0 Å². The lowest BCUT2D eigenvalue weighted by Crippen LogP contribution is -2.32. The second-order valence-electron chi connectivity index (χ2n) is 7.76. The van der Waals surface area contributed by atoms with Crippen molar-refractivity contribution in [3.8, 4) is 22.7 Å². The average molecular weight is 533 g/mol. The predicted molar refractivity (Wildman–Crippen MR) is 149 cm³/mol. The van der Waals surface area contributed by atoms with Crippen molar-refractivity contribution in [2.45, 2.75) is 0 Å². The molecule has 0 radical (unpaired) electrons. The van der Waals surface area contributed by atoms with Crippen LogP contribution in [-0.4, -0.2) is 21.0 Å². The van der Waals surface area contributed by atoms with Crippen LogP contribution in [0.15, 0.2) is 89.4 Å². The van der Waals surface area contributed by atoms with Gasteiger partial charge in [0.15, 0.2) is 5.11 Å². The second-order valence-corrected chi connectivity index (χ2v) is 8.96. The molecule has 0 bridgehead atoms. The third kappa shape index (κ3) is 5.33. The van der Waals surface area contributed by atoms with Gasteiger partial charge in [-0.3, -0.25) is 10.1 Å². The van der Waals surface area contributed by atoms with Gasteiger partial charge in [0.05, 0.1) is 21.1 Å². The van der Waals surface area contributed by atoms with Crippen LogP contribution in [0.25, 0.3) is 39.8 Å². The number of imidazole rings is 1. The maximum atomic E-state index is 12.4. The lowest BCUT2D eigenvalue weighted by atomic mass is 10.2. The van der Waals surface area contributed by atoms with Crippen LogP contribution >= 0.6 is 35.4 Å². The molecule has 1 amide bonds. The minimum atomic E-state index is -0.403. The number of furan rings is 1. The Balaban J connectivity index is 1.21. The van der Waals surface area contributed by atoms with E-state index < -0.39 is 5.91 Å². The van der Waals surface area contributed by atoms with E-state index in [9.17, 15) is 4.79 Å². The monoisotopic (exact) mass is 532 g/mol. The normalized spacial score (nSPS) is 11.2. The smallest absolute Gasteiger partial charge is 0.250 e. The summed E-state index contributed by atoms with van der Waals surface area (Å²) in [6, 6.07) is 24.2. The van der Waals surface area contributed by atoms with Crippen LogP contribution in [0.3, 0.4) is 0 Å². The first-order valence-electron chi connectivity index (χ1n) is 10.9. The molecule has 5 aromatic rings. The summed E-state index contributed by atoms with van der Waals surface area (Å²) in [5.41, 5.74) is 4.12. The molecule has 2 aromatic heterocycles. The fourth-order valence-corrected chi connectivity index (χ4v) is 4.20. The highest BCUT2D eigenvalue weighted by Crippen LogP contribution is 2.34. The third-order valence-electron chi connectivity index (χ3n) is 5.26. The number of hydrogen-bond acceptors (Lipinski definition) is 4. The van der Waals surface area contributed by atoms with Crippen LogP contribution < -0.4 is 10.6 Å². The molecule has 178 valence electrons. The third-order valence-corrected chi connectivity index (χ3v) is 6.29. The molecular weight excluding hydrogens is 515 g/mol. The molecule has 0 atom stereocenters. The summed E-state index contributed by atoms with van der Waals surface area (Å²) >= 11 is 17.6. The first-order chi connectivity index (χ1) is 17.5. The van der Waals surface area contributed by atoms with Gasteiger partial charge in [0.2, 0.25) is 5.91 Å². The zero-order chi connectivity index (χ0) is 25.1. The number of carbonyl (C=O) groups is 1. The summed E-state index contributed by atoms with van der Waals surface area (Å²) in [5, 5.41) is 6.66. The summed E-state index contributed by atoms with van der Waals surface area (Å²) < 4.78 is 5.77. The molecule has 36 heavy (non-hydrogen) atoms. The molecular formula is C27H18Cl2N4O2S. The highest BCUT2D eigenvalue weighted by atomic mass is 35.5. The van der Waals surface area contributed by atoms with Gasteiger partial charge in [-0.2, -0.15) is 0 Å². The van der Waals surface area contributed by atoms with Crippen LogP contribution in [0.4, 0.5) is 5.69 Å². The van der Waals surface area contributed by atoms with Gasteiger partial charge in [0.1, 0.15) is 17.3 Å². The van der Waals surface area contributed by atoms with Gasteiger partial charge < -0.3 is 14.7 Å². The Morgan fingerprint density at radius 3 is 2.69 bits per heavy atom. The molecule has 2 heterocycles. The lowest BCUT2D eigenvalue weighted by Gasteiger charge is -2.09. The van der Waals surface area contributed by atoms with Crippen LogP contribution in [0, 0.1) is 0 Å². The maximum absolute atomic E-state index is 12.4. The van der Waals surface area contributed by atoms with Gasteiger partial charge in [-0.15, -0.1) is 0 Å². The molecule has 3 aromatic carbocycles. The van der Waals surface area contributed by atoms with Gasteiger partial charge >= 0.3 is 0 Å². The largest absolute Gasteiger partial charge is 0.457 e.